The third-order valence-corrected chi connectivity index (χ3v) is 4.19. The molecule has 0 aliphatic rings. The third kappa shape index (κ3) is 3.45. The number of hydrogen-bond donors (Lipinski definition) is 1. The number of benzene rings is 1. The molecule has 1 aromatic heterocycles. The Bertz CT molecular complexity index is 615. The van der Waals surface area contributed by atoms with Gasteiger partial charge in [-0.1, -0.05) is 27.5 Å². The number of rotatable bonds is 4. The molecule has 0 spiro atoms. The summed E-state index contributed by atoms with van der Waals surface area (Å²) in [5, 5.41) is 3.78. The van der Waals surface area contributed by atoms with Crippen molar-refractivity contribution in [3.8, 4) is 5.75 Å². The van der Waals surface area contributed by atoms with E-state index in [4.69, 9.17) is 16.3 Å². The Balaban J connectivity index is 2.27. The molecule has 1 N–H and O–H groups in total. The highest BCUT2D eigenvalue weighted by Crippen LogP contribution is 2.33. The zero-order chi connectivity index (χ0) is 14.7. The molecule has 2 rings (SSSR count). The van der Waals surface area contributed by atoms with Gasteiger partial charge in [0.1, 0.15) is 5.75 Å². The Labute approximate surface area is 140 Å². The van der Waals surface area contributed by atoms with Crippen LogP contribution >= 0.6 is 43.5 Å². The normalized spacial score (nSPS) is 10.4. The number of nitrogens with zero attached hydrogens (tertiary/aromatic N) is 1. The van der Waals surface area contributed by atoms with Crippen molar-refractivity contribution in [1.82, 2.24) is 4.98 Å². The Morgan fingerprint density at radius 1 is 1.35 bits per heavy atom. The first kappa shape index (κ1) is 15.6. The molecule has 0 saturated heterocycles. The lowest BCUT2D eigenvalue weighted by atomic mass is 10.2. The van der Waals surface area contributed by atoms with E-state index in [1.54, 1.807) is 13.3 Å². The molecule has 0 radical (unpaired) electrons. The molecule has 0 aliphatic heterocycles. The summed E-state index contributed by atoms with van der Waals surface area (Å²) in [6, 6.07) is 5.88. The number of aromatic nitrogens is 1. The average Bonchev–Trinajstić information content (AvgIpc) is 2.37. The summed E-state index contributed by atoms with van der Waals surface area (Å²) in [5.41, 5.74) is 2.92. The van der Waals surface area contributed by atoms with Crippen molar-refractivity contribution in [2.75, 3.05) is 12.4 Å². The van der Waals surface area contributed by atoms with Gasteiger partial charge < -0.3 is 10.1 Å². The van der Waals surface area contributed by atoms with Crippen LogP contribution in [0.4, 0.5) is 5.69 Å². The lowest BCUT2D eigenvalue weighted by molar-refractivity contribution is 0.407. The van der Waals surface area contributed by atoms with Gasteiger partial charge in [0.15, 0.2) is 5.15 Å². The SMILES string of the molecule is COc1c(Br)cc(Br)cc1CNc1c(C)ccnc1Cl. The van der Waals surface area contributed by atoms with Crippen LogP contribution < -0.4 is 10.1 Å². The van der Waals surface area contributed by atoms with Crippen molar-refractivity contribution < 1.29 is 4.74 Å². The number of hydrogen-bond acceptors (Lipinski definition) is 3. The van der Waals surface area contributed by atoms with Crippen LogP contribution in [0, 0.1) is 6.92 Å². The van der Waals surface area contributed by atoms with Gasteiger partial charge in [0.05, 0.1) is 17.3 Å². The number of anilines is 1. The molecular weight excluding hydrogens is 407 g/mol. The Morgan fingerprint density at radius 3 is 2.75 bits per heavy atom. The van der Waals surface area contributed by atoms with Crippen molar-refractivity contribution in [3.05, 3.63) is 49.6 Å². The van der Waals surface area contributed by atoms with E-state index in [2.05, 4.69) is 42.2 Å². The molecular formula is C14H13Br2ClN2O. The lowest BCUT2D eigenvalue weighted by Crippen LogP contribution is -2.04. The van der Waals surface area contributed by atoms with Crippen molar-refractivity contribution in [2.24, 2.45) is 0 Å². The van der Waals surface area contributed by atoms with E-state index < -0.39 is 0 Å². The molecule has 3 nitrogen and oxygen atoms in total. The average molecular weight is 421 g/mol. The Hall–Kier alpha value is -0.780. The summed E-state index contributed by atoms with van der Waals surface area (Å²) < 4.78 is 7.31. The highest BCUT2D eigenvalue weighted by molar-refractivity contribution is 9.11. The number of pyridine rings is 1. The Kier molecular flexibility index (Phi) is 5.29. The van der Waals surface area contributed by atoms with Gasteiger partial charge in [-0.15, -0.1) is 0 Å². The van der Waals surface area contributed by atoms with Crippen LogP contribution in [0.5, 0.6) is 5.75 Å². The minimum atomic E-state index is 0.470. The highest BCUT2D eigenvalue weighted by atomic mass is 79.9. The van der Waals surface area contributed by atoms with Crippen LogP contribution in [0.15, 0.2) is 33.3 Å². The van der Waals surface area contributed by atoms with Gasteiger partial charge in [0.25, 0.3) is 0 Å². The summed E-state index contributed by atoms with van der Waals surface area (Å²) >= 11 is 13.1. The van der Waals surface area contributed by atoms with E-state index in [-0.39, 0.29) is 0 Å². The standard InChI is InChI=1S/C14H13Br2ClN2O/c1-8-3-4-18-14(17)12(8)19-7-9-5-10(15)6-11(16)13(9)20-2/h3-6,19H,7H2,1-2H3. The second-order valence-electron chi connectivity index (χ2n) is 4.23. The van der Waals surface area contributed by atoms with E-state index >= 15 is 0 Å². The largest absolute Gasteiger partial charge is 0.495 e. The zero-order valence-corrected chi connectivity index (χ0v) is 14.9. The van der Waals surface area contributed by atoms with Crippen LogP contribution in [0.3, 0.4) is 0 Å². The van der Waals surface area contributed by atoms with E-state index in [1.165, 1.54) is 0 Å². The second-order valence-corrected chi connectivity index (χ2v) is 6.36. The third-order valence-electron chi connectivity index (χ3n) is 2.86. The summed E-state index contributed by atoms with van der Waals surface area (Å²) in [4.78, 5) is 4.08. The maximum atomic E-state index is 6.11. The molecule has 0 amide bonds. The van der Waals surface area contributed by atoms with Crippen LogP contribution in [0.25, 0.3) is 0 Å². The van der Waals surface area contributed by atoms with Gasteiger partial charge in [-0.3, -0.25) is 0 Å². The minimum absolute atomic E-state index is 0.470. The second kappa shape index (κ2) is 6.78. The Morgan fingerprint density at radius 2 is 2.10 bits per heavy atom. The number of nitrogens with one attached hydrogen (secondary N) is 1. The first-order valence-corrected chi connectivity index (χ1v) is 7.86. The molecule has 0 saturated carbocycles. The van der Waals surface area contributed by atoms with Gasteiger partial charge >= 0.3 is 0 Å². The van der Waals surface area contributed by atoms with Crippen molar-refractivity contribution in [1.29, 1.82) is 0 Å². The number of methoxy groups -OCH3 is 1. The van der Waals surface area contributed by atoms with E-state index in [0.717, 1.165) is 31.5 Å². The van der Waals surface area contributed by atoms with Crippen LogP contribution in [-0.2, 0) is 6.54 Å². The number of halogens is 3. The van der Waals surface area contributed by atoms with Crippen LogP contribution in [0.2, 0.25) is 5.15 Å². The fourth-order valence-corrected chi connectivity index (χ4v) is 3.64. The van der Waals surface area contributed by atoms with Gasteiger partial charge in [-0.25, -0.2) is 4.98 Å². The fourth-order valence-electron chi connectivity index (χ4n) is 1.89. The van der Waals surface area contributed by atoms with Crippen molar-refractivity contribution in [2.45, 2.75) is 13.5 Å². The monoisotopic (exact) mass is 418 g/mol. The van der Waals surface area contributed by atoms with E-state index in [9.17, 15) is 0 Å². The molecule has 6 heteroatoms. The van der Waals surface area contributed by atoms with Crippen molar-refractivity contribution >= 4 is 49.1 Å². The first-order valence-electron chi connectivity index (χ1n) is 5.89. The van der Waals surface area contributed by atoms with E-state index in [1.807, 2.05) is 25.1 Å². The molecule has 1 aromatic carbocycles. The van der Waals surface area contributed by atoms with Crippen molar-refractivity contribution in [3.63, 3.8) is 0 Å². The topological polar surface area (TPSA) is 34.1 Å². The predicted molar refractivity (Wildman–Crippen MR) is 89.7 cm³/mol. The van der Waals surface area contributed by atoms with Gasteiger partial charge in [0.2, 0.25) is 0 Å². The molecule has 0 fully saturated rings. The molecule has 1 heterocycles. The maximum Gasteiger partial charge on any atom is 0.152 e. The molecule has 0 aliphatic carbocycles. The molecule has 2 aromatic rings. The first-order chi connectivity index (χ1) is 9.52. The van der Waals surface area contributed by atoms with E-state index in [0.29, 0.717) is 11.7 Å². The van der Waals surface area contributed by atoms with Gasteiger partial charge in [0, 0.05) is 22.8 Å². The smallest absolute Gasteiger partial charge is 0.152 e. The fraction of sp³-hybridized carbons (Fsp3) is 0.214. The maximum absolute atomic E-state index is 6.11. The summed E-state index contributed by atoms with van der Waals surface area (Å²) in [6.45, 7) is 2.58. The zero-order valence-electron chi connectivity index (χ0n) is 11.0. The van der Waals surface area contributed by atoms with Crippen LogP contribution in [-0.4, -0.2) is 12.1 Å². The quantitative estimate of drug-likeness (QED) is 0.692. The number of aryl methyl sites for hydroxylation is 1. The summed E-state index contributed by atoms with van der Waals surface area (Å²) in [7, 11) is 1.65. The van der Waals surface area contributed by atoms with Gasteiger partial charge in [-0.05, 0) is 46.6 Å². The molecule has 20 heavy (non-hydrogen) atoms. The summed E-state index contributed by atoms with van der Waals surface area (Å²) in [5.74, 6) is 0.804. The molecule has 0 bridgehead atoms. The molecule has 0 atom stereocenters. The highest BCUT2D eigenvalue weighted by Gasteiger charge is 2.11. The minimum Gasteiger partial charge on any atom is -0.495 e. The molecule has 106 valence electrons. The predicted octanol–water partition coefficient (Wildman–Crippen LogP) is 5.19. The van der Waals surface area contributed by atoms with Gasteiger partial charge in [-0.2, -0.15) is 0 Å². The molecule has 0 unspecified atom stereocenters. The van der Waals surface area contributed by atoms with Crippen LogP contribution in [0.1, 0.15) is 11.1 Å². The summed E-state index contributed by atoms with van der Waals surface area (Å²) in [6.07, 6.45) is 1.69. The number of ether oxygens (including phenoxy) is 1. The lowest BCUT2D eigenvalue weighted by Gasteiger charge is -2.14.